The molecule has 3 rings (SSSR count). The van der Waals surface area contributed by atoms with E-state index in [2.05, 4.69) is 27.1 Å². The molecule has 0 unspecified atom stereocenters. The number of aromatic nitrogens is 3. The first-order valence-electron chi connectivity index (χ1n) is 8.68. The van der Waals surface area contributed by atoms with Gasteiger partial charge in [0.05, 0.1) is 4.90 Å². The third kappa shape index (κ3) is 4.94. The maximum atomic E-state index is 12.5. The van der Waals surface area contributed by atoms with E-state index in [1.807, 2.05) is 29.8 Å². The molecule has 0 saturated heterocycles. The van der Waals surface area contributed by atoms with Crippen LogP contribution in [-0.4, -0.2) is 29.7 Å². The molecule has 1 N–H and O–H groups in total. The molecule has 0 amide bonds. The maximum absolute atomic E-state index is 12.5. The van der Waals surface area contributed by atoms with Crippen molar-refractivity contribution < 1.29 is 8.42 Å². The van der Waals surface area contributed by atoms with Crippen molar-refractivity contribution in [1.82, 2.24) is 19.5 Å². The predicted octanol–water partition coefficient (Wildman–Crippen LogP) is 3.59. The molecule has 0 radical (unpaired) electrons. The number of hydrogen-bond donors (Lipinski definition) is 1. The van der Waals surface area contributed by atoms with Crippen LogP contribution in [-0.2, 0) is 29.2 Å². The summed E-state index contributed by atoms with van der Waals surface area (Å²) in [6.07, 6.45) is 0.439. The summed E-state index contributed by atoms with van der Waals surface area (Å²) in [5, 5.41) is 9.62. The molecule has 2 aromatic carbocycles. The van der Waals surface area contributed by atoms with E-state index in [1.165, 1.54) is 5.56 Å². The molecule has 1 aromatic heterocycles. The minimum absolute atomic E-state index is 0.192. The Hall–Kier alpha value is -1.87. The van der Waals surface area contributed by atoms with Gasteiger partial charge in [-0.2, -0.15) is 0 Å². The van der Waals surface area contributed by atoms with Crippen LogP contribution in [0.5, 0.6) is 0 Å². The van der Waals surface area contributed by atoms with Crippen molar-refractivity contribution in [3.8, 4) is 0 Å². The molecule has 6 nitrogen and oxygen atoms in total. The van der Waals surface area contributed by atoms with Crippen LogP contribution < -0.4 is 4.72 Å². The standard InChI is InChI=1S/C19H21ClN4O2S2/c1-14-16(20)9-6-10-17(14)28(25,26)21-12-11-18-22-23-19(24(18)2)27-13-15-7-4-3-5-8-15/h3-10,21H,11-13H2,1-2H3. The smallest absolute Gasteiger partial charge is 0.240 e. The van der Waals surface area contributed by atoms with Crippen molar-refractivity contribution in [1.29, 1.82) is 0 Å². The quantitative estimate of drug-likeness (QED) is 0.546. The second-order valence-corrected chi connectivity index (χ2v) is 9.33. The molecule has 0 spiro atoms. The molecule has 0 aliphatic heterocycles. The lowest BCUT2D eigenvalue weighted by Crippen LogP contribution is -2.27. The van der Waals surface area contributed by atoms with Gasteiger partial charge in [0.2, 0.25) is 10.0 Å². The number of halogens is 1. The summed E-state index contributed by atoms with van der Waals surface area (Å²) in [7, 11) is -1.75. The molecule has 28 heavy (non-hydrogen) atoms. The summed E-state index contributed by atoms with van der Waals surface area (Å²) >= 11 is 7.63. The summed E-state index contributed by atoms with van der Waals surface area (Å²) in [5.41, 5.74) is 1.75. The van der Waals surface area contributed by atoms with E-state index in [9.17, 15) is 8.42 Å². The van der Waals surface area contributed by atoms with Gasteiger partial charge < -0.3 is 4.57 Å². The van der Waals surface area contributed by atoms with Crippen molar-refractivity contribution in [3.63, 3.8) is 0 Å². The number of hydrogen-bond acceptors (Lipinski definition) is 5. The Morgan fingerprint density at radius 2 is 1.86 bits per heavy atom. The maximum Gasteiger partial charge on any atom is 0.240 e. The van der Waals surface area contributed by atoms with Crippen LogP contribution in [0.15, 0.2) is 58.6 Å². The second-order valence-electron chi connectivity index (χ2n) is 6.24. The van der Waals surface area contributed by atoms with E-state index in [0.29, 0.717) is 17.0 Å². The van der Waals surface area contributed by atoms with Gasteiger partial charge in [0.15, 0.2) is 5.16 Å². The Kier molecular flexibility index (Phi) is 6.77. The van der Waals surface area contributed by atoms with Gasteiger partial charge in [0.25, 0.3) is 0 Å². The van der Waals surface area contributed by atoms with Gasteiger partial charge >= 0.3 is 0 Å². The molecule has 3 aromatic rings. The average molecular weight is 437 g/mol. The van der Waals surface area contributed by atoms with Gasteiger partial charge in [-0.15, -0.1) is 10.2 Å². The van der Waals surface area contributed by atoms with Crippen LogP contribution in [0.2, 0.25) is 5.02 Å². The molecule has 1 heterocycles. The normalized spacial score (nSPS) is 11.7. The highest BCUT2D eigenvalue weighted by Crippen LogP contribution is 2.23. The first kappa shape index (κ1) is 20.9. The molecule has 0 bridgehead atoms. The average Bonchev–Trinajstić information content (AvgIpc) is 3.03. The summed E-state index contributed by atoms with van der Waals surface area (Å²) in [5.74, 6) is 1.52. The first-order valence-corrected chi connectivity index (χ1v) is 11.5. The Bertz CT molecular complexity index is 1050. The van der Waals surface area contributed by atoms with Gasteiger partial charge in [0, 0.05) is 30.8 Å². The fourth-order valence-corrected chi connectivity index (χ4v) is 5.08. The van der Waals surface area contributed by atoms with Crippen molar-refractivity contribution in [3.05, 3.63) is 70.5 Å². The van der Waals surface area contributed by atoms with Gasteiger partial charge in [-0.1, -0.05) is 59.8 Å². The van der Waals surface area contributed by atoms with E-state index < -0.39 is 10.0 Å². The molecule has 9 heteroatoms. The number of nitrogens with one attached hydrogen (secondary N) is 1. The molecule has 148 valence electrons. The van der Waals surface area contributed by atoms with Crippen molar-refractivity contribution >= 4 is 33.4 Å². The summed E-state index contributed by atoms with van der Waals surface area (Å²) < 4.78 is 29.6. The first-order chi connectivity index (χ1) is 13.4. The minimum Gasteiger partial charge on any atom is -0.309 e. The lowest BCUT2D eigenvalue weighted by molar-refractivity contribution is 0.579. The third-order valence-electron chi connectivity index (χ3n) is 4.28. The second kappa shape index (κ2) is 9.09. The van der Waals surface area contributed by atoms with E-state index in [-0.39, 0.29) is 11.4 Å². The van der Waals surface area contributed by atoms with Crippen molar-refractivity contribution in [2.24, 2.45) is 7.05 Å². The fraction of sp³-hybridized carbons (Fsp3) is 0.263. The molecule has 0 fully saturated rings. The molecule has 0 aliphatic carbocycles. The Morgan fingerprint density at radius 1 is 1.11 bits per heavy atom. The van der Waals surface area contributed by atoms with E-state index in [0.717, 1.165) is 16.7 Å². The van der Waals surface area contributed by atoms with Crippen LogP contribution in [0.4, 0.5) is 0 Å². The highest BCUT2D eigenvalue weighted by atomic mass is 35.5. The molecular weight excluding hydrogens is 416 g/mol. The highest BCUT2D eigenvalue weighted by molar-refractivity contribution is 7.98. The Balaban J connectivity index is 1.59. The molecule has 0 saturated carbocycles. The monoisotopic (exact) mass is 436 g/mol. The number of sulfonamides is 1. The van der Waals surface area contributed by atoms with Gasteiger partial charge in [-0.25, -0.2) is 13.1 Å². The number of rotatable bonds is 8. The lowest BCUT2D eigenvalue weighted by Gasteiger charge is -2.10. The largest absolute Gasteiger partial charge is 0.309 e. The van der Waals surface area contributed by atoms with E-state index in [1.54, 1.807) is 36.9 Å². The number of benzene rings is 2. The Labute approximate surface area is 174 Å². The van der Waals surface area contributed by atoms with E-state index in [4.69, 9.17) is 11.6 Å². The predicted molar refractivity (Wildman–Crippen MR) is 112 cm³/mol. The fourth-order valence-electron chi connectivity index (χ4n) is 2.66. The van der Waals surface area contributed by atoms with Crippen molar-refractivity contribution in [2.45, 2.75) is 29.1 Å². The van der Waals surface area contributed by atoms with Gasteiger partial charge in [-0.05, 0) is 30.2 Å². The van der Waals surface area contributed by atoms with Crippen molar-refractivity contribution in [2.75, 3.05) is 6.54 Å². The Morgan fingerprint density at radius 3 is 2.61 bits per heavy atom. The number of nitrogens with zero attached hydrogens (tertiary/aromatic N) is 3. The van der Waals surface area contributed by atoms with Crippen LogP contribution in [0.25, 0.3) is 0 Å². The number of thioether (sulfide) groups is 1. The SMILES string of the molecule is Cc1c(Cl)cccc1S(=O)(=O)NCCc1nnc(SCc2ccccc2)n1C. The van der Waals surface area contributed by atoms with Gasteiger partial charge in [-0.3, -0.25) is 0 Å². The zero-order valence-electron chi connectivity index (χ0n) is 15.6. The van der Waals surface area contributed by atoms with Crippen LogP contribution >= 0.6 is 23.4 Å². The van der Waals surface area contributed by atoms with E-state index >= 15 is 0 Å². The van der Waals surface area contributed by atoms with Crippen LogP contribution in [0.3, 0.4) is 0 Å². The summed E-state index contributed by atoms with van der Waals surface area (Å²) in [6, 6.07) is 15.0. The molecular formula is C19H21ClN4O2S2. The topological polar surface area (TPSA) is 76.9 Å². The zero-order valence-corrected chi connectivity index (χ0v) is 18.0. The minimum atomic E-state index is -3.63. The highest BCUT2D eigenvalue weighted by Gasteiger charge is 2.18. The van der Waals surface area contributed by atoms with Gasteiger partial charge in [0.1, 0.15) is 5.82 Å². The lowest BCUT2D eigenvalue weighted by atomic mass is 10.2. The summed E-state index contributed by atoms with van der Waals surface area (Å²) in [4.78, 5) is 0.192. The molecule has 0 aliphatic rings. The molecule has 0 atom stereocenters. The zero-order chi connectivity index (χ0) is 20.1. The third-order valence-corrected chi connectivity index (χ3v) is 7.39. The summed E-state index contributed by atoms with van der Waals surface area (Å²) in [6.45, 7) is 1.92. The van der Waals surface area contributed by atoms with Crippen LogP contribution in [0.1, 0.15) is 17.0 Å². The van der Waals surface area contributed by atoms with Crippen LogP contribution in [0, 0.1) is 6.92 Å².